The molecule has 0 saturated carbocycles. The highest BCUT2D eigenvalue weighted by molar-refractivity contribution is 5.75. The van der Waals surface area contributed by atoms with Crippen LogP contribution in [0, 0.1) is 0 Å². The number of allylic oxidation sites excluding steroid dienone is 3. The Morgan fingerprint density at radius 2 is 2.23 bits per heavy atom. The van der Waals surface area contributed by atoms with Gasteiger partial charge in [0.2, 0.25) is 5.91 Å². The molecule has 2 rings (SSSR count). The molecule has 2 aliphatic rings. The largest absolute Gasteiger partial charge is 0.346 e. The van der Waals surface area contributed by atoms with E-state index in [1.165, 1.54) is 11.1 Å². The molecule has 2 aliphatic carbocycles. The van der Waals surface area contributed by atoms with Gasteiger partial charge in [-0.3, -0.25) is 4.79 Å². The van der Waals surface area contributed by atoms with E-state index in [-0.39, 0.29) is 11.9 Å². The van der Waals surface area contributed by atoms with E-state index in [2.05, 4.69) is 23.5 Å². The fraction of sp³-hybridized carbons (Fsp3) is 0.364. The molecule has 0 saturated heterocycles. The van der Waals surface area contributed by atoms with Crippen molar-refractivity contribution in [1.82, 2.24) is 5.32 Å². The zero-order chi connectivity index (χ0) is 9.26. The van der Waals surface area contributed by atoms with Crippen LogP contribution < -0.4 is 5.32 Å². The summed E-state index contributed by atoms with van der Waals surface area (Å²) in [5, 5.41) is 2.91. The summed E-state index contributed by atoms with van der Waals surface area (Å²) in [5.41, 5.74) is 2.55. The first-order valence-corrected chi connectivity index (χ1v) is 4.63. The SMILES string of the molecule is CC(=O)NC1C=CC2=CCCC=C21. The summed E-state index contributed by atoms with van der Waals surface area (Å²) in [4.78, 5) is 10.9. The molecular weight excluding hydrogens is 162 g/mol. The molecule has 0 heterocycles. The quantitative estimate of drug-likeness (QED) is 0.645. The van der Waals surface area contributed by atoms with Crippen LogP contribution >= 0.6 is 0 Å². The number of carbonyl (C=O) groups is 1. The molecule has 0 fully saturated rings. The van der Waals surface area contributed by atoms with Crippen LogP contribution in [0.5, 0.6) is 0 Å². The predicted octanol–water partition coefficient (Wildman–Crippen LogP) is 1.71. The highest BCUT2D eigenvalue weighted by atomic mass is 16.1. The zero-order valence-electron chi connectivity index (χ0n) is 7.71. The Kier molecular flexibility index (Phi) is 2.05. The van der Waals surface area contributed by atoms with E-state index in [1.54, 1.807) is 6.92 Å². The van der Waals surface area contributed by atoms with Gasteiger partial charge in [-0.2, -0.15) is 0 Å². The summed E-state index contributed by atoms with van der Waals surface area (Å²) in [7, 11) is 0. The minimum absolute atomic E-state index is 0.0300. The van der Waals surface area contributed by atoms with Gasteiger partial charge < -0.3 is 5.32 Å². The molecule has 0 spiro atoms. The molecule has 0 aromatic heterocycles. The maximum atomic E-state index is 10.9. The molecule has 0 aliphatic heterocycles. The molecule has 0 bridgehead atoms. The first kappa shape index (κ1) is 8.30. The summed E-state index contributed by atoms with van der Waals surface area (Å²) in [6.45, 7) is 1.55. The Hall–Kier alpha value is -1.31. The Labute approximate surface area is 78.0 Å². The first-order chi connectivity index (χ1) is 6.27. The Morgan fingerprint density at radius 1 is 1.46 bits per heavy atom. The molecule has 0 aromatic carbocycles. The maximum absolute atomic E-state index is 10.9. The van der Waals surface area contributed by atoms with Crippen LogP contribution in [-0.2, 0) is 4.79 Å². The van der Waals surface area contributed by atoms with Crippen LogP contribution in [0.25, 0.3) is 0 Å². The third kappa shape index (κ3) is 1.57. The molecule has 1 N–H and O–H groups in total. The van der Waals surface area contributed by atoms with Crippen LogP contribution in [0.4, 0.5) is 0 Å². The number of carbonyl (C=O) groups excluding carboxylic acids is 1. The fourth-order valence-electron chi connectivity index (χ4n) is 1.83. The average molecular weight is 175 g/mol. The lowest BCUT2D eigenvalue weighted by molar-refractivity contribution is -0.119. The van der Waals surface area contributed by atoms with E-state index >= 15 is 0 Å². The van der Waals surface area contributed by atoms with Crippen LogP contribution in [0.1, 0.15) is 19.8 Å². The molecule has 13 heavy (non-hydrogen) atoms. The third-order valence-electron chi connectivity index (χ3n) is 2.39. The van der Waals surface area contributed by atoms with Gasteiger partial charge in [-0.25, -0.2) is 0 Å². The van der Waals surface area contributed by atoms with E-state index in [1.807, 2.05) is 6.08 Å². The number of amides is 1. The number of rotatable bonds is 1. The van der Waals surface area contributed by atoms with Crippen molar-refractivity contribution in [3.63, 3.8) is 0 Å². The maximum Gasteiger partial charge on any atom is 0.217 e. The van der Waals surface area contributed by atoms with Crippen molar-refractivity contribution in [3.05, 3.63) is 35.5 Å². The van der Waals surface area contributed by atoms with Gasteiger partial charge >= 0.3 is 0 Å². The van der Waals surface area contributed by atoms with Gasteiger partial charge in [0, 0.05) is 6.92 Å². The summed E-state index contributed by atoms with van der Waals surface area (Å²) in [6, 6.07) is 0.115. The molecule has 0 aromatic rings. The molecule has 2 heteroatoms. The molecule has 2 nitrogen and oxygen atoms in total. The molecular formula is C11H13NO. The number of hydrogen-bond donors (Lipinski definition) is 1. The predicted molar refractivity (Wildman–Crippen MR) is 52.1 cm³/mol. The Morgan fingerprint density at radius 3 is 3.00 bits per heavy atom. The van der Waals surface area contributed by atoms with Gasteiger partial charge in [0.15, 0.2) is 0 Å². The zero-order valence-corrected chi connectivity index (χ0v) is 7.71. The second kappa shape index (κ2) is 3.21. The Balaban J connectivity index is 2.17. The molecule has 1 unspecified atom stereocenters. The summed E-state index contributed by atoms with van der Waals surface area (Å²) in [6.07, 6.45) is 10.8. The van der Waals surface area contributed by atoms with E-state index < -0.39 is 0 Å². The molecule has 0 radical (unpaired) electrons. The van der Waals surface area contributed by atoms with Crippen molar-refractivity contribution < 1.29 is 4.79 Å². The Bertz CT molecular complexity index is 323. The van der Waals surface area contributed by atoms with Gasteiger partial charge in [-0.15, -0.1) is 0 Å². The van der Waals surface area contributed by atoms with Crippen molar-refractivity contribution in [2.45, 2.75) is 25.8 Å². The highest BCUT2D eigenvalue weighted by Crippen LogP contribution is 2.28. The van der Waals surface area contributed by atoms with Crippen molar-refractivity contribution in [1.29, 1.82) is 0 Å². The van der Waals surface area contributed by atoms with Crippen molar-refractivity contribution >= 4 is 5.91 Å². The van der Waals surface area contributed by atoms with E-state index in [4.69, 9.17) is 0 Å². The fourth-order valence-corrected chi connectivity index (χ4v) is 1.83. The lowest BCUT2D eigenvalue weighted by Crippen LogP contribution is -2.31. The lowest BCUT2D eigenvalue weighted by atomic mass is 9.98. The second-order valence-corrected chi connectivity index (χ2v) is 3.43. The van der Waals surface area contributed by atoms with E-state index in [0.717, 1.165) is 12.8 Å². The lowest BCUT2D eigenvalue weighted by Gasteiger charge is -2.15. The van der Waals surface area contributed by atoms with Crippen molar-refractivity contribution in [2.75, 3.05) is 0 Å². The number of fused-ring (bicyclic) bond motifs is 1. The number of nitrogens with one attached hydrogen (secondary N) is 1. The van der Waals surface area contributed by atoms with Gasteiger partial charge in [0.05, 0.1) is 6.04 Å². The van der Waals surface area contributed by atoms with Crippen LogP contribution in [0.15, 0.2) is 35.5 Å². The summed E-state index contributed by atoms with van der Waals surface area (Å²) < 4.78 is 0. The normalized spacial score (nSPS) is 24.8. The molecule has 68 valence electrons. The standard InChI is InChI=1S/C11H13NO/c1-8(13)12-11-7-6-9-4-2-3-5-10(9)11/h4-7,11H,2-3H2,1H3,(H,12,13). The van der Waals surface area contributed by atoms with Crippen molar-refractivity contribution in [3.8, 4) is 0 Å². The summed E-state index contributed by atoms with van der Waals surface area (Å²) in [5.74, 6) is 0.0300. The third-order valence-corrected chi connectivity index (χ3v) is 2.39. The van der Waals surface area contributed by atoms with Gasteiger partial charge in [-0.1, -0.05) is 24.3 Å². The minimum atomic E-state index is 0.0300. The smallest absolute Gasteiger partial charge is 0.217 e. The van der Waals surface area contributed by atoms with Crippen LogP contribution in [0.3, 0.4) is 0 Å². The van der Waals surface area contributed by atoms with Gasteiger partial charge in [0.25, 0.3) is 0 Å². The van der Waals surface area contributed by atoms with Crippen LogP contribution in [0.2, 0.25) is 0 Å². The monoisotopic (exact) mass is 175 g/mol. The van der Waals surface area contributed by atoms with Crippen molar-refractivity contribution in [2.24, 2.45) is 0 Å². The van der Waals surface area contributed by atoms with Gasteiger partial charge in [-0.05, 0) is 24.0 Å². The molecule has 1 atom stereocenters. The second-order valence-electron chi connectivity index (χ2n) is 3.43. The average Bonchev–Trinajstić information content (AvgIpc) is 2.48. The van der Waals surface area contributed by atoms with E-state index in [0.29, 0.717) is 0 Å². The van der Waals surface area contributed by atoms with Crippen LogP contribution in [-0.4, -0.2) is 11.9 Å². The first-order valence-electron chi connectivity index (χ1n) is 4.63. The highest BCUT2D eigenvalue weighted by Gasteiger charge is 2.21. The topological polar surface area (TPSA) is 29.1 Å². The number of hydrogen-bond acceptors (Lipinski definition) is 1. The van der Waals surface area contributed by atoms with Gasteiger partial charge in [0.1, 0.15) is 0 Å². The van der Waals surface area contributed by atoms with E-state index in [9.17, 15) is 4.79 Å². The summed E-state index contributed by atoms with van der Waals surface area (Å²) >= 11 is 0. The minimum Gasteiger partial charge on any atom is -0.346 e. The molecule has 1 amide bonds.